The number of carbonyl (C=O) groups excluding carboxylic acids is 1. The Hall–Kier alpha value is -0.760. The van der Waals surface area contributed by atoms with Crippen LogP contribution in [0.25, 0.3) is 0 Å². The molecule has 0 aliphatic rings. The van der Waals surface area contributed by atoms with E-state index in [4.69, 9.17) is 9.05 Å². The highest BCUT2D eigenvalue weighted by Crippen LogP contribution is 2.43. The fourth-order valence-electron chi connectivity index (χ4n) is 5.22. The van der Waals surface area contributed by atoms with Crippen LogP contribution in [0.5, 0.6) is 0 Å². The molecule has 0 bridgehead atoms. The summed E-state index contributed by atoms with van der Waals surface area (Å²) in [6, 6.07) is -0.836. The van der Waals surface area contributed by atoms with Gasteiger partial charge in [0, 0.05) is 6.42 Å². The maximum Gasteiger partial charge on any atom is 0.472 e. The lowest BCUT2D eigenvalue weighted by atomic mass is 10.0. The van der Waals surface area contributed by atoms with Gasteiger partial charge in [-0.1, -0.05) is 148 Å². The van der Waals surface area contributed by atoms with Gasteiger partial charge in [-0.3, -0.25) is 13.8 Å². The topological polar surface area (TPSA) is 105 Å². The third-order valence-electron chi connectivity index (χ3n) is 8.26. The van der Waals surface area contributed by atoms with E-state index in [2.05, 4.69) is 19.2 Å². The lowest BCUT2D eigenvalue weighted by molar-refractivity contribution is -0.870. The monoisotopic (exact) mass is 662 g/mol. The van der Waals surface area contributed by atoms with E-state index in [1.165, 1.54) is 103 Å². The van der Waals surface area contributed by atoms with Crippen molar-refractivity contribution in [3.05, 3.63) is 12.2 Å². The van der Waals surface area contributed by atoms with Gasteiger partial charge in [0.05, 0.1) is 39.9 Å². The fraction of sp³-hybridized carbons (Fsp3) is 0.917. The number of hydrogen-bond acceptors (Lipinski definition) is 5. The minimum atomic E-state index is -4.32. The SMILES string of the molecule is CCCCCCCCCCCC/C=C/[C@@H](O)[C@H](COP(=O)(O)OCC[N+](C)(C)C)NC(=O)CCCCCCCCCCCCC. The Morgan fingerprint density at radius 2 is 1.18 bits per heavy atom. The highest BCUT2D eigenvalue weighted by molar-refractivity contribution is 7.47. The lowest BCUT2D eigenvalue weighted by Gasteiger charge is -2.25. The van der Waals surface area contributed by atoms with Gasteiger partial charge in [0.15, 0.2) is 0 Å². The number of nitrogens with one attached hydrogen (secondary N) is 1. The van der Waals surface area contributed by atoms with E-state index in [-0.39, 0.29) is 19.1 Å². The third kappa shape index (κ3) is 31.6. The molecule has 268 valence electrons. The second-order valence-electron chi connectivity index (χ2n) is 14.0. The van der Waals surface area contributed by atoms with Crippen molar-refractivity contribution in [1.82, 2.24) is 5.32 Å². The number of aliphatic hydroxyl groups excluding tert-OH is 1. The molecule has 0 aromatic rings. The fourth-order valence-corrected chi connectivity index (χ4v) is 5.95. The molecule has 0 radical (unpaired) electrons. The molecule has 0 heterocycles. The van der Waals surface area contributed by atoms with E-state index in [1.54, 1.807) is 6.08 Å². The normalized spacial score (nSPS) is 14.9. The van der Waals surface area contributed by atoms with Crippen molar-refractivity contribution in [1.29, 1.82) is 0 Å². The van der Waals surface area contributed by atoms with Crippen LogP contribution in [0.1, 0.15) is 162 Å². The van der Waals surface area contributed by atoms with Crippen LogP contribution in [0.4, 0.5) is 0 Å². The molecular formula is C36H74N2O6P+. The van der Waals surface area contributed by atoms with Gasteiger partial charge in [0.25, 0.3) is 0 Å². The summed E-state index contributed by atoms with van der Waals surface area (Å²) in [7, 11) is 1.57. The average Bonchev–Trinajstić information content (AvgIpc) is 2.97. The Morgan fingerprint density at radius 1 is 0.733 bits per heavy atom. The first kappa shape index (κ1) is 44.2. The van der Waals surface area contributed by atoms with Crippen LogP contribution in [-0.4, -0.2) is 73.4 Å². The molecule has 3 N–H and O–H groups in total. The van der Waals surface area contributed by atoms with Gasteiger partial charge in [0.2, 0.25) is 5.91 Å². The molecule has 9 heteroatoms. The molecule has 0 aliphatic carbocycles. The number of rotatable bonds is 33. The Kier molecular flexibility index (Phi) is 28.9. The summed E-state index contributed by atoms with van der Waals surface area (Å²) in [5.74, 6) is -0.180. The van der Waals surface area contributed by atoms with Gasteiger partial charge in [-0.05, 0) is 19.3 Å². The van der Waals surface area contributed by atoms with E-state index >= 15 is 0 Å². The van der Waals surface area contributed by atoms with Crippen molar-refractivity contribution in [3.8, 4) is 0 Å². The summed E-state index contributed by atoms with van der Waals surface area (Å²) in [5.41, 5.74) is 0. The second-order valence-corrected chi connectivity index (χ2v) is 15.4. The van der Waals surface area contributed by atoms with Crippen molar-refractivity contribution >= 4 is 13.7 Å². The van der Waals surface area contributed by atoms with Crippen LogP contribution < -0.4 is 5.32 Å². The highest BCUT2D eigenvalue weighted by Gasteiger charge is 2.27. The van der Waals surface area contributed by atoms with Crippen molar-refractivity contribution in [2.75, 3.05) is 40.9 Å². The molecule has 1 amide bonds. The lowest BCUT2D eigenvalue weighted by Crippen LogP contribution is -2.45. The molecule has 0 spiro atoms. The third-order valence-corrected chi connectivity index (χ3v) is 9.24. The first-order valence-corrected chi connectivity index (χ1v) is 20.1. The van der Waals surface area contributed by atoms with Crippen LogP contribution >= 0.6 is 7.82 Å². The van der Waals surface area contributed by atoms with Gasteiger partial charge in [-0.25, -0.2) is 4.57 Å². The molecular weight excluding hydrogens is 587 g/mol. The van der Waals surface area contributed by atoms with E-state index in [0.29, 0.717) is 17.4 Å². The predicted molar refractivity (Wildman–Crippen MR) is 189 cm³/mol. The number of quaternary nitrogens is 1. The molecule has 0 saturated carbocycles. The van der Waals surface area contributed by atoms with Crippen molar-refractivity contribution in [2.45, 2.75) is 174 Å². The number of nitrogens with zero attached hydrogens (tertiary/aromatic N) is 1. The number of unbranched alkanes of at least 4 members (excludes halogenated alkanes) is 20. The zero-order valence-corrected chi connectivity index (χ0v) is 31.0. The molecule has 3 atom stereocenters. The Morgan fingerprint density at radius 3 is 1.64 bits per heavy atom. The quantitative estimate of drug-likeness (QED) is 0.0280. The summed E-state index contributed by atoms with van der Waals surface area (Å²) < 4.78 is 23.4. The van der Waals surface area contributed by atoms with Crippen molar-refractivity contribution < 1.29 is 32.9 Å². The maximum atomic E-state index is 12.7. The van der Waals surface area contributed by atoms with E-state index in [0.717, 1.165) is 38.5 Å². The molecule has 45 heavy (non-hydrogen) atoms. The average molecular weight is 662 g/mol. The summed E-state index contributed by atoms with van der Waals surface area (Å²) in [5, 5.41) is 13.7. The van der Waals surface area contributed by atoms with Crippen molar-refractivity contribution in [3.63, 3.8) is 0 Å². The van der Waals surface area contributed by atoms with Gasteiger partial charge < -0.3 is 19.8 Å². The summed E-state index contributed by atoms with van der Waals surface area (Å²) in [4.78, 5) is 22.9. The first-order valence-electron chi connectivity index (χ1n) is 18.6. The first-order chi connectivity index (χ1) is 21.5. The molecule has 0 saturated heterocycles. The number of amides is 1. The molecule has 8 nitrogen and oxygen atoms in total. The number of phosphoric ester groups is 1. The highest BCUT2D eigenvalue weighted by atomic mass is 31.2. The van der Waals surface area contributed by atoms with Crippen LogP contribution in [0.2, 0.25) is 0 Å². The van der Waals surface area contributed by atoms with Crippen LogP contribution in [0.15, 0.2) is 12.2 Å². The maximum absolute atomic E-state index is 12.7. The largest absolute Gasteiger partial charge is 0.472 e. The smallest absolute Gasteiger partial charge is 0.387 e. The van der Waals surface area contributed by atoms with Crippen molar-refractivity contribution in [2.24, 2.45) is 0 Å². The van der Waals surface area contributed by atoms with Crippen LogP contribution in [0.3, 0.4) is 0 Å². The number of aliphatic hydroxyl groups is 1. The Balaban J connectivity index is 4.57. The van der Waals surface area contributed by atoms with Crippen LogP contribution in [0, 0.1) is 0 Å². The summed E-state index contributed by atoms with van der Waals surface area (Å²) in [6.45, 7) is 4.78. The molecule has 0 aromatic heterocycles. The molecule has 1 unspecified atom stereocenters. The zero-order chi connectivity index (χ0) is 33.7. The minimum absolute atomic E-state index is 0.0640. The van der Waals surface area contributed by atoms with E-state index in [9.17, 15) is 19.4 Å². The zero-order valence-electron chi connectivity index (χ0n) is 30.1. The van der Waals surface area contributed by atoms with E-state index in [1.807, 2.05) is 27.2 Å². The molecule has 0 aliphatic heterocycles. The predicted octanol–water partition coefficient (Wildman–Crippen LogP) is 9.24. The minimum Gasteiger partial charge on any atom is -0.387 e. The standard InChI is InChI=1S/C36H73N2O6P/c1-6-8-10-12-14-16-18-20-21-23-25-27-29-35(39)34(33-44-45(41,42)43-32-31-38(3,4)5)37-36(40)30-28-26-24-22-19-17-15-13-11-9-7-2/h27,29,34-35,39H,6-26,28,30-33H2,1-5H3,(H-,37,40,41,42)/p+1/b29-27+/t34-,35+/m0/s1. The van der Waals surface area contributed by atoms with Crippen LogP contribution in [-0.2, 0) is 18.4 Å². The molecule has 0 rings (SSSR count). The van der Waals surface area contributed by atoms with E-state index < -0.39 is 20.0 Å². The number of allylic oxidation sites excluding steroid dienone is 1. The number of phosphoric acid groups is 1. The summed E-state index contributed by atoms with van der Waals surface area (Å²) >= 11 is 0. The molecule has 0 fully saturated rings. The van der Waals surface area contributed by atoms with Gasteiger partial charge in [-0.15, -0.1) is 0 Å². The van der Waals surface area contributed by atoms with Gasteiger partial charge in [0.1, 0.15) is 13.2 Å². The summed E-state index contributed by atoms with van der Waals surface area (Å²) in [6.07, 6.45) is 29.8. The Labute approximate surface area is 278 Å². The van der Waals surface area contributed by atoms with Gasteiger partial charge in [-0.2, -0.15) is 0 Å². The number of carbonyl (C=O) groups is 1. The Bertz CT molecular complexity index is 758. The number of likely N-dealkylation sites (N-methyl/N-ethyl adjacent to an activating group) is 1. The molecule has 0 aromatic carbocycles. The van der Waals surface area contributed by atoms with Gasteiger partial charge >= 0.3 is 7.82 Å². The second kappa shape index (κ2) is 29.4. The number of hydrogen-bond donors (Lipinski definition) is 3.